The molecule has 25 heavy (non-hydrogen) atoms. The van der Waals surface area contributed by atoms with Gasteiger partial charge in [-0.1, -0.05) is 36.4 Å². The average molecular weight is 337 g/mol. The number of fused-ring (bicyclic) bond motifs is 1. The van der Waals surface area contributed by atoms with Crippen LogP contribution in [0.15, 0.2) is 48.5 Å². The van der Waals surface area contributed by atoms with Gasteiger partial charge in [0.05, 0.1) is 14.2 Å². The molecule has 3 heteroatoms. The molecule has 1 saturated heterocycles. The maximum Gasteiger partial charge on any atom is 0.160 e. The van der Waals surface area contributed by atoms with E-state index in [0.29, 0.717) is 0 Å². The molecule has 132 valence electrons. The molecule has 0 spiro atoms. The fraction of sp³-hybridized carbons (Fsp3) is 0.455. The number of likely N-dealkylation sites (tertiary alicyclic amines) is 1. The Bertz CT molecular complexity index is 715. The van der Waals surface area contributed by atoms with Crippen molar-refractivity contribution in [3.63, 3.8) is 0 Å². The Hall–Kier alpha value is -2.00. The summed E-state index contributed by atoms with van der Waals surface area (Å²) in [5.41, 5.74) is 2.85. The van der Waals surface area contributed by atoms with E-state index in [4.69, 9.17) is 9.47 Å². The van der Waals surface area contributed by atoms with Crippen molar-refractivity contribution in [3.05, 3.63) is 59.7 Å². The highest BCUT2D eigenvalue weighted by molar-refractivity contribution is 5.43. The van der Waals surface area contributed by atoms with Crippen molar-refractivity contribution in [2.75, 3.05) is 33.9 Å². The second-order valence-corrected chi connectivity index (χ2v) is 7.38. The van der Waals surface area contributed by atoms with Crippen molar-refractivity contribution in [2.24, 2.45) is 11.8 Å². The Balaban J connectivity index is 1.33. The Morgan fingerprint density at radius 2 is 1.76 bits per heavy atom. The molecule has 2 aromatic rings. The Morgan fingerprint density at radius 3 is 2.52 bits per heavy atom. The van der Waals surface area contributed by atoms with Crippen LogP contribution in [-0.2, 0) is 6.42 Å². The van der Waals surface area contributed by atoms with Crippen LogP contribution >= 0.6 is 0 Å². The van der Waals surface area contributed by atoms with Crippen LogP contribution < -0.4 is 9.47 Å². The van der Waals surface area contributed by atoms with E-state index in [-0.39, 0.29) is 0 Å². The first-order valence-corrected chi connectivity index (χ1v) is 9.26. The van der Waals surface area contributed by atoms with Crippen molar-refractivity contribution < 1.29 is 9.47 Å². The zero-order chi connectivity index (χ0) is 17.2. The molecule has 3 unspecified atom stereocenters. The lowest BCUT2D eigenvalue weighted by Gasteiger charge is -2.40. The molecule has 0 amide bonds. The molecular weight excluding hydrogens is 310 g/mol. The number of nitrogens with zero attached hydrogens (tertiary/aromatic N) is 1. The molecule has 4 rings (SSSR count). The topological polar surface area (TPSA) is 21.7 Å². The molecule has 2 aliphatic rings. The van der Waals surface area contributed by atoms with Crippen LogP contribution in [0, 0.1) is 11.8 Å². The molecule has 1 saturated carbocycles. The Morgan fingerprint density at radius 1 is 0.960 bits per heavy atom. The standard InChI is InChI=1S/C22H27NO2/c1-24-21-9-8-16(12-22(21)25-2)10-11-23-14-18-13-19(20(18)15-23)17-6-4-3-5-7-17/h3-9,12,18-20H,10-11,13-15H2,1-2H3. The third-order valence-corrected chi connectivity index (χ3v) is 6.03. The van der Waals surface area contributed by atoms with Gasteiger partial charge in [0.15, 0.2) is 11.5 Å². The highest BCUT2D eigenvalue weighted by atomic mass is 16.5. The summed E-state index contributed by atoms with van der Waals surface area (Å²) in [5.74, 6) is 4.16. The van der Waals surface area contributed by atoms with Crippen molar-refractivity contribution >= 4 is 0 Å². The van der Waals surface area contributed by atoms with Crippen LogP contribution in [0.3, 0.4) is 0 Å². The second-order valence-electron chi connectivity index (χ2n) is 7.38. The van der Waals surface area contributed by atoms with Crippen LogP contribution in [0.2, 0.25) is 0 Å². The molecule has 2 aromatic carbocycles. The van der Waals surface area contributed by atoms with E-state index in [1.165, 1.54) is 30.6 Å². The summed E-state index contributed by atoms with van der Waals surface area (Å²) >= 11 is 0. The summed E-state index contributed by atoms with van der Waals surface area (Å²) in [6.07, 6.45) is 2.43. The fourth-order valence-electron chi connectivity index (χ4n) is 4.59. The quantitative estimate of drug-likeness (QED) is 0.796. The summed E-state index contributed by atoms with van der Waals surface area (Å²) in [6.45, 7) is 3.64. The van der Waals surface area contributed by atoms with Crippen molar-refractivity contribution in [2.45, 2.75) is 18.8 Å². The molecule has 1 aliphatic heterocycles. The molecule has 0 N–H and O–H groups in total. The lowest BCUT2D eigenvalue weighted by Crippen LogP contribution is -2.33. The van der Waals surface area contributed by atoms with Gasteiger partial charge in [-0.15, -0.1) is 0 Å². The SMILES string of the molecule is COc1ccc(CCN2CC3CC(c4ccccc4)C3C2)cc1OC. The van der Waals surface area contributed by atoms with E-state index < -0.39 is 0 Å². The molecule has 0 aromatic heterocycles. The fourth-order valence-corrected chi connectivity index (χ4v) is 4.59. The second kappa shape index (κ2) is 7.09. The van der Waals surface area contributed by atoms with Crippen LogP contribution in [-0.4, -0.2) is 38.8 Å². The first-order chi connectivity index (χ1) is 12.3. The van der Waals surface area contributed by atoms with Gasteiger partial charge in [0, 0.05) is 19.6 Å². The van der Waals surface area contributed by atoms with Gasteiger partial charge in [-0.25, -0.2) is 0 Å². The summed E-state index contributed by atoms with van der Waals surface area (Å²) < 4.78 is 10.7. The third-order valence-electron chi connectivity index (χ3n) is 6.03. The van der Waals surface area contributed by atoms with E-state index >= 15 is 0 Å². The predicted molar refractivity (Wildman–Crippen MR) is 100 cm³/mol. The molecule has 2 fully saturated rings. The monoisotopic (exact) mass is 337 g/mol. The van der Waals surface area contributed by atoms with Gasteiger partial charge >= 0.3 is 0 Å². The molecule has 3 atom stereocenters. The molecule has 3 nitrogen and oxygen atoms in total. The maximum absolute atomic E-state index is 5.42. The molecular formula is C22H27NO2. The smallest absolute Gasteiger partial charge is 0.160 e. The summed E-state index contributed by atoms with van der Waals surface area (Å²) in [7, 11) is 3.38. The number of hydrogen-bond acceptors (Lipinski definition) is 3. The van der Waals surface area contributed by atoms with Crippen molar-refractivity contribution in [3.8, 4) is 11.5 Å². The zero-order valence-electron chi connectivity index (χ0n) is 15.2. The molecule has 1 heterocycles. The number of benzene rings is 2. The van der Waals surface area contributed by atoms with Gasteiger partial charge in [-0.3, -0.25) is 0 Å². The lowest BCUT2D eigenvalue weighted by molar-refractivity contribution is 0.191. The minimum Gasteiger partial charge on any atom is -0.493 e. The molecule has 1 aliphatic carbocycles. The Kier molecular flexibility index (Phi) is 4.67. The van der Waals surface area contributed by atoms with Crippen molar-refractivity contribution in [1.29, 1.82) is 0 Å². The number of ether oxygens (including phenoxy) is 2. The van der Waals surface area contributed by atoms with E-state index in [2.05, 4.69) is 47.4 Å². The molecule has 0 bridgehead atoms. The summed E-state index contributed by atoms with van der Waals surface area (Å²) in [4.78, 5) is 2.65. The lowest BCUT2D eigenvalue weighted by atomic mass is 9.64. The van der Waals surface area contributed by atoms with Gasteiger partial charge in [0.25, 0.3) is 0 Å². The van der Waals surface area contributed by atoms with E-state index in [0.717, 1.165) is 42.2 Å². The largest absolute Gasteiger partial charge is 0.493 e. The van der Waals surface area contributed by atoms with Crippen LogP contribution in [0.1, 0.15) is 23.5 Å². The predicted octanol–water partition coefficient (Wildman–Crippen LogP) is 3.98. The van der Waals surface area contributed by atoms with Gasteiger partial charge in [0.1, 0.15) is 0 Å². The first-order valence-electron chi connectivity index (χ1n) is 9.26. The summed E-state index contributed by atoms with van der Waals surface area (Å²) in [6, 6.07) is 17.3. The number of hydrogen-bond donors (Lipinski definition) is 0. The summed E-state index contributed by atoms with van der Waals surface area (Å²) in [5, 5.41) is 0. The normalized spacial score (nSPS) is 25.3. The van der Waals surface area contributed by atoms with Gasteiger partial charge in [-0.05, 0) is 53.9 Å². The van der Waals surface area contributed by atoms with E-state index in [1.807, 2.05) is 6.07 Å². The Labute approximate surface area is 150 Å². The van der Waals surface area contributed by atoms with Crippen molar-refractivity contribution in [1.82, 2.24) is 4.90 Å². The first kappa shape index (κ1) is 16.5. The average Bonchev–Trinajstić information content (AvgIpc) is 2.97. The van der Waals surface area contributed by atoms with Gasteiger partial charge < -0.3 is 14.4 Å². The van der Waals surface area contributed by atoms with Gasteiger partial charge in [-0.2, -0.15) is 0 Å². The minimum absolute atomic E-state index is 0.775. The number of rotatable bonds is 6. The number of methoxy groups -OCH3 is 2. The van der Waals surface area contributed by atoms with Gasteiger partial charge in [0.2, 0.25) is 0 Å². The minimum atomic E-state index is 0.775. The maximum atomic E-state index is 5.42. The van der Waals surface area contributed by atoms with E-state index in [9.17, 15) is 0 Å². The zero-order valence-corrected chi connectivity index (χ0v) is 15.2. The van der Waals surface area contributed by atoms with Crippen LogP contribution in [0.5, 0.6) is 11.5 Å². The highest BCUT2D eigenvalue weighted by Crippen LogP contribution is 2.51. The van der Waals surface area contributed by atoms with E-state index in [1.54, 1.807) is 14.2 Å². The van der Waals surface area contributed by atoms with Crippen LogP contribution in [0.4, 0.5) is 0 Å². The third kappa shape index (κ3) is 3.25. The van der Waals surface area contributed by atoms with Crippen LogP contribution in [0.25, 0.3) is 0 Å². The highest BCUT2D eigenvalue weighted by Gasteiger charge is 2.46. The molecule has 0 radical (unpaired) electrons.